The first-order valence-corrected chi connectivity index (χ1v) is 9.08. The molecule has 1 aliphatic rings. The molecule has 0 saturated carbocycles. The predicted octanol–water partition coefficient (Wildman–Crippen LogP) is 1.88. The van der Waals surface area contributed by atoms with Crippen LogP contribution in [0.2, 0.25) is 0 Å². The molecular formula is C19H27N5O2. The summed E-state index contributed by atoms with van der Waals surface area (Å²) in [6.45, 7) is 4.68. The van der Waals surface area contributed by atoms with Crippen LogP contribution in [0.1, 0.15) is 40.6 Å². The number of aryl methyl sites for hydroxylation is 1. The molecule has 3 rings (SSSR count). The first-order valence-electron chi connectivity index (χ1n) is 9.08. The van der Waals surface area contributed by atoms with E-state index >= 15 is 0 Å². The van der Waals surface area contributed by atoms with E-state index in [0.717, 1.165) is 38.0 Å². The summed E-state index contributed by atoms with van der Waals surface area (Å²) in [5.41, 5.74) is 1.82. The molecule has 0 radical (unpaired) electrons. The van der Waals surface area contributed by atoms with Crippen molar-refractivity contribution in [1.29, 1.82) is 0 Å². The van der Waals surface area contributed by atoms with E-state index in [1.165, 1.54) is 0 Å². The Morgan fingerprint density at radius 2 is 2.00 bits per heavy atom. The van der Waals surface area contributed by atoms with E-state index in [2.05, 4.69) is 44.2 Å². The van der Waals surface area contributed by atoms with Gasteiger partial charge in [-0.2, -0.15) is 0 Å². The topological polar surface area (TPSA) is 74.5 Å². The highest BCUT2D eigenvalue weighted by Crippen LogP contribution is 2.20. The summed E-state index contributed by atoms with van der Waals surface area (Å²) in [5.74, 6) is -0.255. The molecule has 1 saturated heterocycles. The number of hydrogen-bond acceptors (Lipinski definition) is 6. The number of likely N-dealkylation sites (tertiary alicyclic amines) is 1. The van der Waals surface area contributed by atoms with Crippen LogP contribution in [0, 0.1) is 6.92 Å². The Bertz CT molecular complexity index is 710. The van der Waals surface area contributed by atoms with E-state index in [4.69, 9.17) is 0 Å². The molecule has 0 aliphatic carbocycles. The number of benzene rings is 1. The molecule has 0 bridgehead atoms. The van der Waals surface area contributed by atoms with Gasteiger partial charge in [-0.1, -0.05) is 35.5 Å². The Morgan fingerprint density at radius 3 is 2.62 bits per heavy atom. The monoisotopic (exact) mass is 357 g/mol. The van der Waals surface area contributed by atoms with Crippen LogP contribution in [-0.2, 0) is 0 Å². The number of hydrogen-bond donors (Lipinski definition) is 1. The van der Waals surface area contributed by atoms with Crippen LogP contribution < -0.4 is 5.32 Å². The van der Waals surface area contributed by atoms with Gasteiger partial charge in [0.15, 0.2) is 5.69 Å². The predicted molar refractivity (Wildman–Crippen MR) is 98.8 cm³/mol. The number of aromatic nitrogens is 2. The van der Waals surface area contributed by atoms with Gasteiger partial charge in [0.25, 0.3) is 5.91 Å². The summed E-state index contributed by atoms with van der Waals surface area (Å²) < 4.78 is 4.66. The Balaban J connectivity index is 1.71. The van der Waals surface area contributed by atoms with E-state index in [9.17, 15) is 4.79 Å². The van der Waals surface area contributed by atoms with Crippen molar-refractivity contribution in [2.24, 2.45) is 0 Å². The maximum absolute atomic E-state index is 12.6. The number of amides is 1. The zero-order valence-electron chi connectivity index (χ0n) is 15.7. The fourth-order valence-electron chi connectivity index (χ4n) is 3.46. The number of nitrogens with zero attached hydrogens (tertiary/aromatic N) is 4. The van der Waals surface area contributed by atoms with Gasteiger partial charge in [0, 0.05) is 12.6 Å². The van der Waals surface area contributed by atoms with Crippen molar-refractivity contribution < 1.29 is 9.42 Å². The van der Waals surface area contributed by atoms with Crippen molar-refractivity contribution in [3.05, 3.63) is 47.3 Å². The van der Waals surface area contributed by atoms with E-state index in [-0.39, 0.29) is 17.6 Å². The molecule has 1 aromatic heterocycles. The standard InChI is InChI=1S/C19H27N5O2/c1-14-18(22-26-21-14)19(25)20-17(15-7-5-4-6-8-15)13-24(3)16-9-11-23(2)12-10-16/h4-8,16-17H,9-13H2,1-3H3,(H,20,25). The first kappa shape index (κ1) is 18.5. The fraction of sp³-hybridized carbons (Fsp3) is 0.526. The maximum atomic E-state index is 12.6. The average Bonchev–Trinajstić information content (AvgIpc) is 3.08. The summed E-state index contributed by atoms with van der Waals surface area (Å²) in [6.07, 6.45) is 2.30. The van der Waals surface area contributed by atoms with E-state index < -0.39 is 0 Å². The number of rotatable bonds is 6. The summed E-state index contributed by atoms with van der Waals surface area (Å²) in [5, 5.41) is 10.5. The largest absolute Gasteiger partial charge is 0.342 e. The number of nitrogens with one attached hydrogen (secondary N) is 1. The second-order valence-corrected chi connectivity index (χ2v) is 7.11. The fourth-order valence-corrected chi connectivity index (χ4v) is 3.46. The Labute approximate surface area is 154 Å². The van der Waals surface area contributed by atoms with E-state index in [0.29, 0.717) is 11.7 Å². The quantitative estimate of drug-likeness (QED) is 0.851. The number of carbonyl (C=O) groups excluding carboxylic acids is 1. The molecule has 1 amide bonds. The van der Waals surface area contributed by atoms with Gasteiger partial charge in [0.05, 0.1) is 6.04 Å². The lowest BCUT2D eigenvalue weighted by atomic mass is 10.0. The van der Waals surface area contributed by atoms with Crippen molar-refractivity contribution >= 4 is 5.91 Å². The molecule has 1 N–H and O–H groups in total. The average molecular weight is 357 g/mol. The maximum Gasteiger partial charge on any atom is 0.276 e. The van der Waals surface area contributed by atoms with Crippen LogP contribution in [-0.4, -0.2) is 65.8 Å². The number of carbonyl (C=O) groups is 1. The van der Waals surface area contributed by atoms with Gasteiger partial charge in [-0.15, -0.1) is 0 Å². The third-order valence-electron chi connectivity index (χ3n) is 5.16. The molecule has 2 heterocycles. The number of piperidine rings is 1. The summed E-state index contributed by atoms with van der Waals surface area (Å²) in [6, 6.07) is 10.5. The normalized spacial score (nSPS) is 17.4. The molecule has 1 unspecified atom stereocenters. The molecule has 7 heteroatoms. The minimum absolute atomic E-state index is 0.121. The highest BCUT2D eigenvalue weighted by Gasteiger charge is 2.25. The van der Waals surface area contributed by atoms with Crippen molar-refractivity contribution in [3.63, 3.8) is 0 Å². The molecule has 0 spiro atoms. The van der Waals surface area contributed by atoms with Gasteiger partial charge < -0.3 is 15.1 Å². The lowest BCUT2D eigenvalue weighted by Gasteiger charge is -2.37. The summed E-state index contributed by atoms with van der Waals surface area (Å²) >= 11 is 0. The van der Waals surface area contributed by atoms with Crippen LogP contribution in [0.3, 0.4) is 0 Å². The zero-order valence-corrected chi connectivity index (χ0v) is 15.7. The first-order chi connectivity index (χ1) is 12.5. The summed E-state index contributed by atoms with van der Waals surface area (Å²) in [7, 11) is 4.30. The third-order valence-corrected chi connectivity index (χ3v) is 5.16. The Hall–Kier alpha value is -2.25. The molecule has 1 atom stereocenters. The van der Waals surface area contributed by atoms with E-state index in [1.807, 2.05) is 30.3 Å². The lowest BCUT2D eigenvalue weighted by molar-refractivity contribution is 0.0895. The van der Waals surface area contributed by atoms with Crippen LogP contribution in [0.5, 0.6) is 0 Å². The van der Waals surface area contributed by atoms with Crippen molar-refractivity contribution in [1.82, 2.24) is 25.4 Å². The second kappa shape index (κ2) is 8.42. The van der Waals surface area contributed by atoms with Crippen LogP contribution >= 0.6 is 0 Å². The molecule has 1 aliphatic heterocycles. The van der Waals surface area contributed by atoms with Crippen LogP contribution in [0.15, 0.2) is 35.0 Å². The Morgan fingerprint density at radius 1 is 1.31 bits per heavy atom. The molecule has 1 fully saturated rings. The minimum Gasteiger partial charge on any atom is -0.342 e. The van der Waals surface area contributed by atoms with Gasteiger partial charge in [-0.3, -0.25) is 4.79 Å². The molecule has 7 nitrogen and oxygen atoms in total. The molecular weight excluding hydrogens is 330 g/mol. The van der Waals surface area contributed by atoms with Crippen LogP contribution in [0.4, 0.5) is 0 Å². The third kappa shape index (κ3) is 4.47. The van der Waals surface area contributed by atoms with Gasteiger partial charge in [-0.05, 0) is 57.7 Å². The highest BCUT2D eigenvalue weighted by molar-refractivity contribution is 5.93. The lowest BCUT2D eigenvalue weighted by Crippen LogP contribution is -2.45. The van der Waals surface area contributed by atoms with Crippen molar-refractivity contribution in [2.45, 2.75) is 31.8 Å². The van der Waals surface area contributed by atoms with Crippen molar-refractivity contribution in [2.75, 3.05) is 33.7 Å². The molecule has 2 aromatic rings. The molecule has 26 heavy (non-hydrogen) atoms. The zero-order chi connectivity index (χ0) is 18.5. The SMILES string of the molecule is Cc1nonc1C(=O)NC(CN(C)C1CCN(C)CC1)c1ccccc1. The van der Waals surface area contributed by atoms with Crippen molar-refractivity contribution in [3.8, 4) is 0 Å². The van der Waals surface area contributed by atoms with E-state index in [1.54, 1.807) is 6.92 Å². The second-order valence-electron chi connectivity index (χ2n) is 7.11. The van der Waals surface area contributed by atoms with Gasteiger partial charge in [0.1, 0.15) is 5.69 Å². The Kier molecular flexibility index (Phi) is 6.00. The van der Waals surface area contributed by atoms with Gasteiger partial charge in [0.2, 0.25) is 0 Å². The minimum atomic E-state index is -0.255. The summed E-state index contributed by atoms with van der Waals surface area (Å²) in [4.78, 5) is 17.3. The highest BCUT2D eigenvalue weighted by atomic mass is 16.6. The van der Waals surface area contributed by atoms with Gasteiger partial charge in [-0.25, -0.2) is 4.63 Å². The van der Waals surface area contributed by atoms with Crippen LogP contribution in [0.25, 0.3) is 0 Å². The molecule has 1 aromatic carbocycles. The van der Waals surface area contributed by atoms with Gasteiger partial charge >= 0.3 is 0 Å². The number of likely N-dealkylation sites (N-methyl/N-ethyl adjacent to an activating group) is 1. The molecule has 140 valence electrons. The smallest absolute Gasteiger partial charge is 0.276 e.